The highest BCUT2D eigenvalue weighted by atomic mass is 79.9. The van der Waals surface area contributed by atoms with Crippen molar-refractivity contribution in [2.75, 3.05) is 45.8 Å². The average molecular weight is 1370 g/mol. The van der Waals surface area contributed by atoms with E-state index in [-0.39, 0.29) is 54.7 Å². The third-order valence-corrected chi connectivity index (χ3v) is 19.6. The number of benzene rings is 3. The first-order chi connectivity index (χ1) is 46.8. The molecule has 498 valence electrons. The molecule has 4 fully saturated rings. The molecule has 2 amide bonds. The Hall–Kier alpha value is -9.53. The van der Waals surface area contributed by atoms with E-state index in [1.165, 1.54) is 12.8 Å². The van der Waals surface area contributed by atoms with E-state index in [1.807, 2.05) is 84.5 Å². The number of nitrogens with two attached hydrogens (primary N) is 1. The number of aryl methyl sites for hydroxylation is 1. The number of pyridine rings is 3. The van der Waals surface area contributed by atoms with Gasteiger partial charge in [0.05, 0.1) is 102 Å². The molecule has 1 saturated carbocycles. The van der Waals surface area contributed by atoms with Gasteiger partial charge in [-0.1, -0.05) is 49.2 Å². The fourth-order valence-corrected chi connectivity index (χ4v) is 14.2. The summed E-state index contributed by atoms with van der Waals surface area (Å²) in [6.45, 7) is 36.3. The van der Waals surface area contributed by atoms with Crippen molar-refractivity contribution in [2.45, 2.75) is 142 Å². The predicted molar refractivity (Wildman–Crippen MR) is 381 cm³/mol. The Morgan fingerprint density at radius 3 is 1.40 bits per heavy atom. The fraction of sp³-hybridized carbons (Fsp3) is 0.382. The molecule has 3 aromatic carbocycles. The van der Waals surface area contributed by atoms with Crippen LogP contribution in [-0.4, -0.2) is 148 Å². The molecule has 97 heavy (non-hydrogen) atoms. The number of piperidine rings is 3. The van der Waals surface area contributed by atoms with E-state index < -0.39 is 0 Å². The lowest BCUT2D eigenvalue weighted by molar-refractivity contribution is -0.120. The summed E-state index contributed by atoms with van der Waals surface area (Å²) in [5.41, 5.74) is 20.2. The van der Waals surface area contributed by atoms with Gasteiger partial charge in [0.2, 0.25) is 11.8 Å². The van der Waals surface area contributed by atoms with Crippen LogP contribution in [0.25, 0.3) is 64.7 Å². The topological polar surface area (TPSA) is 220 Å². The van der Waals surface area contributed by atoms with Gasteiger partial charge in [-0.05, 0) is 187 Å². The Morgan fingerprint density at radius 1 is 0.546 bits per heavy atom. The smallest absolute Gasteiger partial charge is 0.224 e. The maximum absolute atomic E-state index is 13.5. The second kappa shape index (κ2) is 30.7. The Labute approximate surface area is 574 Å². The number of nitrogens with zero attached hydrogens (tertiary/aromatic N) is 12. The third kappa shape index (κ3) is 15.8. The van der Waals surface area contributed by atoms with Crippen LogP contribution in [0.5, 0.6) is 0 Å². The first kappa shape index (κ1) is 68.8. The van der Waals surface area contributed by atoms with Crippen molar-refractivity contribution >= 4 is 95.3 Å². The average Bonchev–Trinajstić information content (AvgIpc) is 1.62. The number of aliphatic hydroxyl groups excluding tert-OH is 1. The summed E-state index contributed by atoms with van der Waals surface area (Å²) >= 11 is 3.52. The van der Waals surface area contributed by atoms with Crippen molar-refractivity contribution in [3.63, 3.8) is 0 Å². The number of amides is 2. The lowest BCUT2D eigenvalue weighted by Crippen LogP contribution is -2.46. The van der Waals surface area contributed by atoms with E-state index in [2.05, 4.69) is 78.9 Å². The maximum atomic E-state index is 13.5. The molecule has 3 saturated heterocycles. The number of halogens is 1. The molecule has 0 unspecified atom stereocenters. The van der Waals surface area contributed by atoms with E-state index in [0.717, 1.165) is 123 Å². The molecule has 13 rings (SSSR count). The van der Waals surface area contributed by atoms with Crippen LogP contribution in [0.15, 0.2) is 114 Å². The van der Waals surface area contributed by atoms with Crippen molar-refractivity contribution in [3.8, 4) is 17.1 Å². The van der Waals surface area contributed by atoms with E-state index in [4.69, 9.17) is 30.4 Å². The summed E-state index contributed by atoms with van der Waals surface area (Å²) in [6, 6.07) is 29.1. The minimum Gasteiger partial charge on any atom is -0.393 e. The molecule has 9 aromatic rings. The first-order valence-electron chi connectivity index (χ1n) is 33.5. The van der Waals surface area contributed by atoms with Gasteiger partial charge < -0.3 is 29.9 Å². The fourth-order valence-electron chi connectivity index (χ4n) is 13.9. The number of rotatable bonds is 18. The summed E-state index contributed by atoms with van der Waals surface area (Å²) < 4.78 is 6.94. The lowest BCUT2D eigenvalue weighted by atomic mass is 9.96. The van der Waals surface area contributed by atoms with Crippen LogP contribution in [0, 0.1) is 40.5 Å². The lowest BCUT2D eigenvalue weighted by Gasteiger charge is -2.38. The number of Topliss-reactive ketones (excluding diaryl/α,β-unsaturated/α-hetero) is 3. The van der Waals surface area contributed by atoms with Crippen molar-refractivity contribution in [1.29, 1.82) is 0 Å². The number of aliphatic hydroxyl groups is 1. The maximum Gasteiger partial charge on any atom is 0.224 e. The van der Waals surface area contributed by atoms with Crippen molar-refractivity contribution in [1.82, 2.24) is 48.7 Å². The van der Waals surface area contributed by atoms with Crippen molar-refractivity contribution in [3.05, 3.63) is 193 Å². The van der Waals surface area contributed by atoms with Crippen molar-refractivity contribution < 1.29 is 29.1 Å². The minimum atomic E-state index is -0.376. The first-order valence-corrected chi connectivity index (χ1v) is 34.3. The van der Waals surface area contributed by atoms with Crippen LogP contribution < -0.4 is 11.1 Å². The van der Waals surface area contributed by atoms with E-state index >= 15 is 0 Å². The van der Waals surface area contributed by atoms with Gasteiger partial charge in [-0.2, -0.15) is 0 Å². The highest BCUT2D eigenvalue weighted by molar-refractivity contribution is 9.10. The summed E-state index contributed by atoms with van der Waals surface area (Å²) in [5, 5.41) is 12.8. The van der Waals surface area contributed by atoms with Gasteiger partial charge in [0, 0.05) is 94.8 Å². The number of fused-ring (bicyclic) bond motifs is 3. The van der Waals surface area contributed by atoms with Gasteiger partial charge in [0.25, 0.3) is 0 Å². The SMILES string of the molecule is [C-]#[N+]c1ccc(-n2c(C)c(C(=O)CN3CCC(O)CC3)c3ncc(CCC(N)=O)cc32)cc1.[C-]#[N+]c1ccc(-n2c(C)c(C(=O)CN3CCCCC3)c3ncc(CC(=O)NC4CC4)cc32)cc1.[C-]#[N+]c1ccc(-n2c(C)c(C(=O)CN3[C@@H](C)CCC[C@@H]3C)c3ncc(Br)cc32)cc1. The molecular weight excluding hydrogens is 1280 g/mol. The zero-order valence-electron chi connectivity index (χ0n) is 55.7. The zero-order valence-corrected chi connectivity index (χ0v) is 57.2. The zero-order chi connectivity index (χ0) is 68.6. The van der Waals surface area contributed by atoms with Crippen molar-refractivity contribution in [2.24, 2.45) is 5.73 Å². The predicted octanol–water partition coefficient (Wildman–Crippen LogP) is 13.4. The van der Waals surface area contributed by atoms with Crippen LogP contribution in [-0.2, 0) is 22.4 Å². The molecule has 0 radical (unpaired) electrons. The van der Waals surface area contributed by atoms with Gasteiger partial charge in [-0.3, -0.25) is 53.6 Å². The van der Waals surface area contributed by atoms with E-state index in [9.17, 15) is 29.1 Å². The molecule has 3 aliphatic heterocycles. The van der Waals surface area contributed by atoms with E-state index in [1.54, 1.807) is 55.0 Å². The molecule has 4 N–H and O–H groups in total. The Morgan fingerprint density at radius 2 is 0.959 bits per heavy atom. The van der Waals surface area contributed by atoms with Gasteiger partial charge in [-0.25, -0.2) is 14.5 Å². The molecule has 20 nitrogen and oxygen atoms in total. The molecule has 21 heteroatoms. The monoisotopic (exact) mass is 1360 g/mol. The van der Waals surface area contributed by atoms with Gasteiger partial charge in [0.1, 0.15) is 0 Å². The molecule has 2 atom stereocenters. The summed E-state index contributed by atoms with van der Waals surface area (Å²) in [4.78, 5) is 95.1. The second-order valence-corrected chi connectivity index (χ2v) is 27.0. The van der Waals surface area contributed by atoms with Gasteiger partial charge in [-0.15, -0.1) is 0 Å². The number of aromatic nitrogens is 6. The number of carbonyl (C=O) groups excluding carboxylic acids is 5. The van der Waals surface area contributed by atoms with Crippen LogP contribution in [0.1, 0.15) is 144 Å². The highest BCUT2D eigenvalue weighted by Crippen LogP contribution is 2.36. The Kier molecular flexibility index (Phi) is 21.8. The number of primary amides is 1. The Balaban J connectivity index is 0.000000148. The second-order valence-electron chi connectivity index (χ2n) is 26.1. The quantitative estimate of drug-likeness (QED) is 0.0540. The minimum absolute atomic E-state index is 0.00119. The third-order valence-electron chi connectivity index (χ3n) is 19.2. The van der Waals surface area contributed by atoms with Gasteiger partial charge >= 0.3 is 0 Å². The summed E-state index contributed by atoms with van der Waals surface area (Å²) in [7, 11) is 0. The molecule has 1 aliphatic carbocycles. The molecule has 0 spiro atoms. The standard InChI is InChI=1S/C27H29N5O2.C25H27N5O3.C24H25BrN4O/c1-18-26(24(33)17-31-12-4-3-5-13-31)27-23(32(18)22-10-8-20(28-2)9-11-22)14-19(16-29-27)15-25(34)30-21-6-7-21;1-16-24(22(32)15-29-11-9-20(31)10-12-29)25-21(13-17(14-28-25)3-8-23(26)33)30(16)19-6-4-18(27-2)5-7-19;1-15-6-5-7-16(2)28(15)14-22(30)23-17(3)29(20-10-8-19(26-4)9-11-20)21-12-18(25)13-27-24(21)23/h8-11,14,16,21H,3-7,12-13,15,17H2,1H3,(H,30,34);4-7,13-14,20,31H,3,8-12,15H2,1H3,(H2,26,33);8-13,15-16H,5-7,14H2,1-3H3/t;;15-,16-/m..0/s1. The number of hydrogen-bond donors (Lipinski definition) is 3. The van der Waals surface area contributed by atoms with E-state index in [0.29, 0.717) is 108 Å². The normalized spacial score (nSPS) is 16.9. The molecule has 0 bridgehead atoms. The molecule has 4 aliphatic rings. The van der Waals surface area contributed by atoms with Crippen LogP contribution in [0.4, 0.5) is 17.1 Å². The van der Waals surface area contributed by atoms with Gasteiger partial charge in [0.15, 0.2) is 34.4 Å². The molecule has 9 heterocycles. The summed E-state index contributed by atoms with van der Waals surface area (Å²) in [5.74, 6) is -0.194. The number of ketones is 3. The number of nitrogens with one attached hydrogen (secondary N) is 1. The Bertz CT molecular complexity index is 4560. The van der Waals surface area contributed by atoms with Crippen LogP contribution >= 0.6 is 15.9 Å². The number of hydrogen-bond acceptors (Lipinski definition) is 12. The highest BCUT2D eigenvalue weighted by Gasteiger charge is 2.32. The number of likely N-dealkylation sites (tertiary alicyclic amines) is 3. The number of carbonyl (C=O) groups is 5. The molecule has 6 aromatic heterocycles. The largest absolute Gasteiger partial charge is 0.393 e. The van der Waals surface area contributed by atoms with Crippen LogP contribution in [0.3, 0.4) is 0 Å². The molecular formula is C76H81BrN14O6. The summed E-state index contributed by atoms with van der Waals surface area (Å²) in [6.07, 6.45) is 16.2. The van der Waals surface area contributed by atoms with Crippen LogP contribution in [0.2, 0.25) is 0 Å².